The maximum absolute atomic E-state index is 11.6. The molecule has 1 rings (SSSR count). The predicted molar refractivity (Wildman–Crippen MR) is 112 cm³/mol. The smallest absolute Gasteiger partial charge is 0.221 e. The Labute approximate surface area is 164 Å². The normalized spacial score (nSPS) is 16.6. The van der Waals surface area contributed by atoms with Gasteiger partial charge in [0.25, 0.3) is 0 Å². The molecular formula is C17H36IN5O. The molecule has 0 aliphatic carbocycles. The maximum atomic E-state index is 11.6. The summed E-state index contributed by atoms with van der Waals surface area (Å²) in [6.45, 7) is 13.0. The lowest BCUT2D eigenvalue weighted by atomic mass is 10.0. The summed E-state index contributed by atoms with van der Waals surface area (Å²) < 4.78 is 0. The Hall–Kier alpha value is -0.570. The number of hydrogen-bond donors (Lipinski definition) is 3. The second kappa shape index (κ2) is 13.7. The lowest BCUT2D eigenvalue weighted by Gasteiger charge is -2.35. The van der Waals surface area contributed by atoms with Crippen LogP contribution in [0.25, 0.3) is 0 Å². The summed E-state index contributed by atoms with van der Waals surface area (Å²) in [5, 5.41) is 9.67. The summed E-state index contributed by atoms with van der Waals surface area (Å²) in [5.41, 5.74) is 0. The third-order valence-electron chi connectivity index (χ3n) is 4.13. The van der Waals surface area contributed by atoms with E-state index in [0.29, 0.717) is 25.0 Å². The number of likely N-dealkylation sites (tertiary alicyclic amines) is 1. The van der Waals surface area contributed by atoms with Crippen molar-refractivity contribution in [1.29, 1.82) is 0 Å². The summed E-state index contributed by atoms with van der Waals surface area (Å²) in [5.74, 6) is 0.912. The molecule has 6 nitrogen and oxygen atoms in total. The molecule has 1 fully saturated rings. The highest BCUT2D eigenvalue weighted by molar-refractivity contribution is 14.0. The van der Waals surface area contributed by atoms with Gasteiger partial charge in [-0.05, 0) is 40.0 Å². The van der Waals surface area contributed by atoms with Crippen molar-refractivity contribution < 1.29 is 4.79 Å². The quantitative estimate of drug-likeness (QED) is 0.299. The van der Waals surface area contributed by atoms with Crippen LogP contribution in [0.1, 0.15) is 53.4 Å². The molecule has 0 saturated carbocycles. The van der Waals surface area contributed by atoms with E-state index in [9.17, 15) is 4.79 Å². The van der Waals surface area contributed by atoms with Gasteiger partial charge in [0.2, 0.25) is 5.91 Å². The molecular weight excluding hydrogens is 417 g/mol. The van der Waals surface area contributed by atoms with Gasteiger partial charge in [-0.1, -0.05) is 6.92 Å². The van der Waals surface area contributed by atoms with Crippen LogP contribution >= 0.6 is 24.0 Å². The van der Waals surface area contributed by atoms with Crippen molar-refractivity contribution in [3.8, 4) is 0 Å². The number of carbonyl (C=O) groups is 1. The standard InChI is InChI=1S/C17H35N5O.HI/c1-5-10-19-16(23)7-11-20-17(18-6-2)21-15-8-12-22(13-9-15)14(3)4;/h14-15H,5-13H2,1-4H3,(H,19,23)(H2,18,20,21);1H. The van der Waals surface area contributed by atoms with Gasteiger partial charge in [-0.25, -0.2) is 0 Å². The molecule has 0 aromatic carbocycles. The minimum absolute atomic E-state index is 0. The van der Waals surface area contributed by atoms with E-state index in [2.05, 4.69) is 53.5 Å². The molecule has 0 aromatic heterocycles. The van der Waals surface area contributed by atoms with E-state index < -0.39 is 0 Å². The van der Waals surface area contributed by atoms with Crippen molar-refractivity contribution in [2.75, 3.05) is 32.7 Å². The predicted octanol–water partition coefficient (Wildman–Crippen LogP) is 1.95. The Bertz CT molecular complexity index is 368. The number of carbonyl (C=O) groups excluding carboxylic acids is 1. The van der Waals surface area contributed by atoms with Crippen LogP contribution in [0.4, 0.5) is 0 Å². The van der Waals surface area contributed by atoms with Gasteiger partial charge in [0.15, 0.2) is 5.96 Å². The number of guanidine groups is 1. The first kappa shape index (κ1) is 23.4. The summed E-state index contributed by atoms with van der Waals surface area (Å²) in [6, 6.07) is 1.09. The number of piperidine rings is 1. The van der Waals surface area contributed by atoms with Crippen molar-refractivity contribution in [2.45, 2.75) is 65.5 Å². The summed E-state index contributed by atoms with van der Waals surface area (Å²) in [4.78, 5) is 18.6. The van der Waals surface area contributed by atoms with Gasteiger partial charge >= 0.3 is 0 Å². The van der Waals surface area contributed by atoms with Crippen molar-refractivity contribution in [3.63, 3.8) is 0 Å². The molecule has 1 amide bonds. The number of amides is 1. The van der Waals surface area contributed by atoms with Crippen LogP contribution in [-0.2, 0) is 4.79 Å². The highest BCUT2D eigenvalue weighted by atomic mass is 127. The Morgan fingerprint density at radius 1 is 1.21 bits per heavy atom. The van der Waals surface area contributed by atoms with E-state index in [0.717, 1.165) is 51.4 Å². The molecule has 7 heteroatoms. The van der Waals surface area contributed by atoms with Gasteiger partial charge in [-0.15, -0.1) is 24.0 Å². The largest absolute Gasteiger partial charge is 0.357 e. The third kappa shape index (κ3) is 9.66. The van der Waals surface area contributed by atoms with Crippen LogP contribution in [0.5, 0.6) is 0 Å². The summed E-state index contributed by atoms with van der Waals surface area (Å²) in [6.07, 6.45) is 3.69. The molecule has 24 heavy (non-hydrogen) atoms. The van der Waals surface area contributed by atoms with Crippen molar-refractivity contribution in [2.24, 2.45) is 4.99 Å². The molecule has 0 atom stereocenters. The van der Waals surface area contributed by atoms with Crippen LogP contribution in [0, 0.1) is 0 Å². The maximum Gasteiger partial charge on any atom is 0.221 e. The van der Waals surface area contributed by atoms with E-state index >= 15 is 0 Å². The number of rotatable bonds is 8. The monoisotopic (exact) mass is 453 g/mol. The Balaban J connectivity index is 0.00000529. The molecule has 0 radical (unpaired) electrons. The Morgan fingerprint density at radius 3 is 2.42 bits per heavy atom. The fourth-order valence-electron chi connectivity index (χ4n) is 2.70. The molecule has 0 aromatic rings. The van der Waals surface area contributed by atoms with Gasteiger partial charge in [-0.3, -0.25) is 9.79 Å². The molecule has 1 saturated heterocycles. The molecule has 0 bridgehead atoms. The highest BCUT2D eigenvalue weighted by Gasteiger charge is 2.21. The van der Waals surface area contributed by atoms with E-state index in [1.165, 1.54) is 0 Å². The lowest BCUT2D eigenvalue weighted by Crippen LogP contribution is -2.49. The number of hydrogen-bond acceptors (Lipinski definition) is 3. The number of nitrogens with zero attached hydrogens (tertiary/aromatic N) is 2. The highest BCUT2D eigenvalue weighted by Crippen LogP contribution is 2.12. The average Bonchev–Trinajstić information content (AvgIpc) is 2.53. The minimum Gasteiger partial charge on any atom is -0.357 e. The topological polar surface area (TPSA) is 68.8 Å². The van der Waals surface area contributed by atoms with Gasteiger partial charge in [0.05, 0.1) is 6.54 Å². The van der Waals surface area contributed by atoms with E-state index in [4.69, 9.17) is 0 Å². The SMILES string of the molecule is CCCNC(=O)CCN=C(NCC)NC1CCN(C(C)C)CC1.I. The van der Waals surface area contributed by atoms with Gasteiger partial charge in [-0.2, -0.15) is 0 Å². The molecule has 3 N–H and O–H groups in total. The Kier molecular flexibility index (Phi) is 13.4. The first-order valence-corrected chi connectivity index (χ1v) is 9.12. The first-order chi connectivity index (χ1) is 11.1. The second-order valence-corrected chi connectivity index (χ2v) is 6.41. The van der Waals surface area contributed by atoms with Gasteiger partial charge < -0.3 is 20.9 Å². The van der Waals surface area contributed by atoms with Crippen LogP contribution in [-0.4, -0.2) is 61.6 Å². The van der Waals surface area contributed by atoms with Crippen molar-refractivity contribution >= 4 is 35.8 Å². The zero-order valence-electron chi connectivity index (χ0n) is 15.7. The van der Waals surface area contributed by atoms with Crippen LogP contribution < -0.4 is 16.0 Å². The molecule has 0 spiro atoms. The molecule has 142 valence electrons. The number of nitrogens with one attached hydrogen (secondary N) is 3. The first-order valence-electron chi connectivity index (χ1n) is 9.12. The summed E-state index contributed by atoms with van der Waals surface area (Å²) >= 11 is 0. The number of halogens is 1. The fraction of sp³-hybridized carbons (Fsp3) is 0.882. The van der Waals surface area contributed by atoms with Crippen LogP contribution in [0.2, 0.25) is 0 Å². The Morgan fingerprint density at radius 2 is 1.88 bits per heavy atom. The minimum atomic E-state index is 0. The second-order valence-electron chi connectivity index (χ2n) is 6.41. The molecule has 1 heterocycles. The molecule has 1 aliphatic rings. The lowest BCUT2D eigenvalue weighted by molar-refractivity contribution is -0.120. The van der Waals surface area contributed by atoms with Gasteiger partial charge in [0.1, 0.15) is 0 Å². The molecule has 0 unspecified atom stereocenters. The average molecular weight is 453 g/mol. The zero-order valence-corrected chi connectivity index (χ0v) is 18.1. The van der Waals surface area contributed by atoms with Crippen LogP contribution in [0.15, 0.2) is 4.99 Å². The zero-order chi connectivity index (χ0) is 17.1. The molecule has 1 aliphatic heterocycles. The van der Waals surface area contributed by atoms with Crippen molar-refractivity contribution in [3.05, 3.63) is 0 Å². The van der Waals surface area contributed by atoms with E-state index in [1.807, 2.05) is 0 Å². The fourth-order valence-corrected chi connectivity index (χ4v) is 2.70. The summed E-state index contributed by atoms with van der Waals surface area (Å²) in [7, 11) is 0. The van der Waals surface area contributed by atoms with E-state index in [-0.39, 0.29) is 29.9 Å². The third-order valence-corrected chi connectivity index (χ3v) is 4.13. The van der Waals surface area contributed by atoms with E-state index in [1.54, 1.807) is 0 Å². The van der Waals surface area contributed by atoms with Crippen LogP contribution in [0.3, 0.4) is 0 Å². The number of aliphatic imine (C=N–C) groups is 1. The van der Waals surface area contributed by atoms with Crippen molar-refractivity contribution in [1.82, 2.24) is 20.9 Å². The van der Waals surface area contributed by atoms with Gasteiger partial charge in [0, 0.05) is 44.7 Å².